The van der Waals surface area contributed by atoms with Crippen molar-refractivity contribution >= 4 is 12.4 Å². The summed E-state index contributed by atoms with van der Waals surface area (Å²) in [5.41, 5.74) is -0.341. The zero-order chi connectivity index (χ0) is 18.0. The fourth-order valence-corrected chi connectivity index (χ4v) is 2.50. The minimum absolute atomic E-state index is 0. The van der Waals surface area contributed by atoms with Crippen LogP contribution in [0.4, 0.5) is 30.7 Å². The van der Waals surface area contributed by atoms with Gasteiger partial charge in [-0.3, -0.25) is 4.90 Å². The van der Waals surface area contributed by atoms with E-state index in [1.165, 1.54) is 0 Å². The molecule has 2 rings (SSSR count). The van der Waals surface area contributed by atoms with E-state index in [0.29, 0.717) is 13.1 Å². The molecule has 3 nitrogen and oxygen atoms in total. The van der Waals surface area contributed by atoms with Crippen molar-refractivity contribution in [2.75, 3.05) is 26.2 Å². The maximum atomic E-state index is 13.4. The lowest BCUT2D eigenvalue weighted by molar-refractivity contribution is -0.253. The maximum absolute atomic E-state index is 13.4. The largest absolute Gasteiger partial charge is 0.461 e. The van der Waals surface area contributed by atoms with Gasteiger partial charge in [0, 0.05) is 26.2 Å². The van der Waals surface area contributed by atoms with E-state index >= 15 is 0 Å². The van der Waals surface area contributed by atoms with Gasteiger partial charge < -0.3 is 10.1 Å². The average molecular weight is 397 g/mol. The molecule has 25 heavy (non-hydrogen) atoms. The van der Waals surface area contributed by atoms with Crippen LogP contribution in [0, 0.1) is 0 Å². The molecule has 1 aliphatic heterocycles. The third-order valence-corrected chi connectivity index (χ3v) is 3.51. The predicted molar refractivity (Wildman–Crippen MR) is 78.5 cm³/mol. The standard InChI is InChI=1S/C14H15F7N2O.ClH/c15-12(16)14(20,21)24-10-3-1-2-9(8-10)11(13(17,18)19)23-6-4-22-5-7-23;/h1-3,8,11-12,22H,4-7H2;1H/t11-;/m1./s1. The number of alkyl halides is 7. The molecule has 1 aromatic rings. The van der Waals surface area contributed by atoms with E-state index in [4.69, 9.17) is 0 Å². The second kappa shape index (κ2) is 8.41. The van der Waals surface area contributed by atoms with Crippen LogP contribution in [0.25, 0.3) is 0 Å². The Kier molecular flexibility index (Phi) is 7.33. The fraction of sp³-hybridized carbons (Fsp3) is 0.571. The molecule has 0 aliphatic carbocycles. The van der Waals surface area contributed by atoms with Gasteiger partial charge in [-0.05, 0) is 17.7 Å². The molecule has 0 aromatic heterocycles. The van der Waals surface area contributed by atoms with E-state index < -0.39 is 30.5 Å². The molecule has 0 spiro atoms. The number of hydrogen-bond acceptors (Lipinski definition) is 3. The molecule has 0 amide bonds. The van der Waals surface area contributed by atoms with Gasteiger partial charge in [-0.25, -0.2) is 0 Å². The van der Waals surface area contributed by atoms with Gasteiger partial charge in [-0.15, -0.1) is 12.4 Å². The smallest absolute Gasteiger partial charge is 0.428 e. The van der Waals surface area contributed by atoms with E-state index in [1.54, 1.807) is 0 Å². The van der Waals surface area contributed by atoms with Crippen molar-refractivity contribution in [2.24, 2.45) is 0 Å². The normalized spacial score (nSPS) is 17.9. The third kappa shape index (κ3) is 5.61. The Morgan fingerprint density at radius 3 is 2.16 bits per heavy atom. The highest BCUT2D eigenvalue weighted by Gasteiger charge is 2.46. The zero-order valence-electron chi connectivity index (χ0n) is 12.7. The molecule has 1 aromatic carbocycles. The first-order valence-electron chi connectivity index (χ1n) is 7.07. The molecule has 144 valence electrons. The lowest BCUT2D eigenvalue weighted by Crippen LogP contribution is -2.49. The van der Waals surface area contributed by atoms with Crippen molar-refractivity contribution in [2.45, 2.75) is 24.8 Å². The lowest BCUT2D eigenvalue weighted by Gasteiger charge is -2.36. The third-order valence-electron chi connectivity index (χ3n) is 3.51. The molecule has 0 unspecified atom stereocenters. The van der Waals surface area contributed by atoms with Crippen LogP contribution in [0.1, 0.15) is 11.6 Å². The van der Waals surface area contributed by atoms with Crippen molar-refractivity contribution in [1.82, 2.24) is 10.2 Å². The number of rotatable bonds is 5. The Balaban J connectivity index is 0.00000312. The summed E-state index contributed by atoms with van der Waals surface area (Å²) in [5.74, 6) is -0.748. The Labute approximate surface area is 145 Å². The first-order chi connectivity index (χ1) is 11.1. The van der Waals surface area contributed by atoms with Crippen molar-refractivity contribution in [3.63, 3.8) is 0 Å². The second-order valence-corrected chi connectivity index (χ2v) is 5.27. The molecular formula is C14H16ClF7N2O. The van der Waals surface area contributed by atoms with Crippen molar-refractivity contribution in [3.05, 3.63) is 29.8 Å². The monoisotopic (exact) mass is 396 g/mol. The summed E-state index contributed by atoms with van der Waals surface area (Å²) in [6, 6.07) is 1.77. The van der Waals surface area contributed by atoms with Crippen LogP contribution in [0.5, 0.6) is 5.75 Å². The van der Waals surface area contributed by atoms with Gasteiger partial charge in [0.05, 0.1) is 0 Å². The van der Waals surface area contributed by atoms with E-state index in [1.807, 2.05) is 0 Å². The molecule has 0 saturated carbocycles. The Morgan fingerprint density at radius 1 is 1.04 bits per heavy atom. The second-order valence-electron chi connectivity index (χ2n) is 5.27. The highest BCUT2D eigenvalue weighted by molar-refractivity contribution is 5.85. The molecule has 1 fully saturated rings. The topological polar surface area (TPSA) is 24.5 Å². The SMILES string of the molecule is Cl.FC(F)C(F)(F)Oc1cccc([C@@H](N2CCNCC2)C(F)(F)F)c1. The Morgan fingerprint density at radius 2 is 1.64 bits per heavy atom. The number of benzene rings is 1. The summed E-state index contributed by atoms with van der Waals surface area (Å²) >= 11 is 0. The molecule has 1 atom stereocenters. The van der Waals surface area contributed by atoms with Crippen LogP contribution in [0.3, 0.4) is 0 Å². The number of hydrogen-bond donors (Lipinski definition) is 1. The van der Waals surface area contributed by atoms with Crippen LogP contribution in [-0.4, -0.2) is 49.8 Å². The van der Waals surface area contributed by atoms with Crippen LogP contribution in [0.2, 0.25) is 0 Å². The molecule has 11 heteroatoms. The summed E-state index contributed by atoms with van der Waals surface area (Å²) in [6.45, 7) is 0.934. The zero-order valence-corrected chi connectivity index (χ0v) is 13.5. The number of piperazine rings is 1. The van der Waals surface area contributed by atoms with Gasteiger partial charge in [0.25, 0.3) is 0 Å². The maximum Gasteiger partial charge on any atom is 0.461 e. The Hall–Kier alpha value is -1.26. The molecular weight excluding hydrogens is 381 g/mol. The van der Waals surface area contributed by atoms with Crippen LogP contribution in [-0.2, 0) is 0 Å². The molecule has 1 N–H and O–H groups in total. The highest BCUT2D eigenvalue weighted by atomic mass is 35.5. The van der Waals surface area contributed by atoms with Crippen LogP contribution in [0.15, 0.2) is 24.3 Å². The Bertz CT molecular complexity index is 550. The quantitative estimate of drug-likeness (QED) is 0.765. The molecule has 0 radical (unpaired) electrons. The average Bonchev–Trinajstić information content (AvgIpc) is 2.47. The van der Waals surface area contributed by atoms with E-state index in [0.717, 1.165) is 29.2 Å². The molecule has 0 bridgehead atoms. The first-order valence-corrected chi connectivity index (χ1v) is 7.07. The van der Waals surface area contributed by atoms with Crippen molar-refractivity contribution in [1.29, 1.82) is 0 Å². The minimum atomic E-state index is -4.78. The van der Waals surface area contributed by atoms with Gasteiger partial charge in [-0.2, -0.15) is 30.7 Å². The van der Waals surface area contributed by atoms with Gasteiger partial charge in [0.1, 0.15) is 11.8 Å². The summed E-state index contributed by atoms with van der Waals surface area (Å²) < 4.78 is 94.3. The van der Waals surface area contributed by atoms with Crippen LogP contribution >= 0.6 is 12.4 Å². The van der Waals surface area contributed by atoms with Crippen molar-refractivity contribution < 1.29 is 35.5 Å². The van der Waals surface area contributed by atoms with Crippen molar-refractivity contribution in [3.8, 4) is 5.75 Å². The number of ether oxygens (including phenoxy) is 1. The minimum Gasteiger partial charge on any atom is -0.428 e. The summed E-state index contributed by atoms with van der Waals surface area (Å²) in [4.78, 5) is 1.15. The van der Waals surface area contributed by atoms with Crippen LogP contribution < -0.4 is 10.1 Å². The number of nitrogens with one attached hydrogen (secondary N) is 1. The van der Waals surface area contributed by atoms with Gasteiger partial charge in [0.15, 0.2) is 0 Å². The fourth-order valence-electron chi connectivity index (χ4n) is 2.50. The predicted octanol–water partition coefficient (Wildman–Crippen LogP) is 3.85. The van der Waals surface area contributed by atoms with Gasteiger partial charge in [-0.1, -0.05) is 12.1 Å². The molecule has 1 aliphatic rings. The van der Waals surface area contributed by atoms with Gasteiger partial charge in [0.2, 0.25) is 0 Å². The first kappa shape index (κ1) is 21.8. The highest BCUT2D eigenvalue weighted by Crippen LogP contribution is 2.39. The van der Waals surface area contributed by atoms with E-state index in [9.17, 15) is 30.7 Å². The molecule has 1 saturated heterocycles. The van der Waals surface area contributed by atoms with E-state index in [-0.39, 0.29) is 31.1 Å². The number of nitrogens with zero attached hydrogens (tertiary/aromatic N) is 1. The summed E-state index contributed by atoms with van der Waals surface area (Å²) in [7, 11) is 0. The number of halogens is 8. The summed E-state index contributed by atoms with van der Waals surface area (Å²) in [6.07, 6.45) is -13.5. The van der Waals surface area contributed by atoms with Gasteiger partial charge >= 0.3 is 18.7 Å². The lowest BCUT2D eigenvalue weighted by atomic mass is 10.0. The molecule has 1 heterocycles. The summed E-state index contributed by atoms with van der Waals surface area (Å²) in [5, 5.41) is 2.91. The van der Waals surface area contributed by atoms with E-state index in [2.05, 4.69) is 10.1 Å².